The van der Waals surface area contributed by atoms with Gasteiger partial charge in [-0.25, -0.2) is 0 Å². The van der Waals surface area contributed by atoms with E-state index in [1.54, 1.807) is 4.80 Å². The Morgan fingerprint density at radius 1 is 1.12 bits per heavy atom. The highest BCUT2D eigenvalue weighted by molar-refractivity contribution is 9.10. The molecule has 0 N–H and O–H groups in total. The van der Waals surface area contributed by atoms with Crippen LogP contribution < -0.4 is 0 Å². The van der Waals surface area contributed by atoms with E-state index in [0.29, 0.717) is 25.2 Å². The molecule has 0 bridgehead atoms. The molecule has 6 nitrogen and oxygen atoms in total. The number of rotatable bonds is 9. The van der Waals surface area contributed by atoms with Crippen molar-refractivity contribution in [3.05, 3.63) is 75.5 Å². The van der Waals surface area contributed by atoms with Crippen LogP contribution in [0.5, 0.6) is 0 Å². The van der Waals surface area contributed by atoms with Crippen LogP contribution in [0.2, 0.25) is 0 Å². The molecule has 176 valence electrons. The maximum atomic E-state index is 13.2. The van der Waals surface area contributed by atoms with E-state index in [1.807, 2.05) is 32.9 Å². The summed E-state index contributed by atoms with van der Waals surface area (Å²) in [4.78, 5) is 14.8. The molecular weight excluding hydrogens is 480 g/mol. The van der Waals surface area contributed by atoms with Crippen molar-refractivity contribution in [3.8, 4) is 0 Å². The van der Waals surface area contributed by atoms with Gasteiger partial charge in [0.15, 0.2) is 5.82 Å². The second-order valence-corrected chi connectivity index (χ2v) is 10.4. The number of aromatic nitrogens is 4. The van der Waals surface area contributed by atoms with E-state index in [-0.39, 0.29) is 17.8 Å². The predicted octanol–water partition coefficient (Wildman–Crippen LogP) is 5.88. The molecule has 0 saturated carbocycles. The van der Waals surface area contributed by atoms with Crippen molar-refractivity contribution in [2.24, 2.45) is 5.92 Å². The van der Waals surface area contributed by atoms with Crippen LogP contribution in [-0.4, -0.2) is 31.8 Å². The third kappa shape index (κ3) is 7.49. The number of carbonyl (C=O) groups excluding carboxylic acids is 1. The van der Waals surface area contributed by atoms with Crippen molar-refractivity contribution in [3.63, 3.8) is 0 Å². The first kappa shape index (κ1) is 25.1. The van der Waals surface area contributed by atoms with Gasteiger partial charge in [-0.1, -0.05) is 71.2 Å². The van der Waals surface area contributed by atoms with Crippen LogP contribution in [0.4, 0.5) is 0 Å². The third-order valence-corrected chi connectivity index (χ3v) is 5.88. The molecule has 2 aromatic carbocycles. The Labute approximate surface area is 204 Å². The Morgan fingerprint density at radius 3 is 2.48 bits per heavy atom. The van der Waals surface area contributed by atoms with Crippen LogP contribution in [0.25, 0.3) is 0 Å². The largest absolute Gasteiger partial charge is 0.460 e. The van der Waals surface area contributed by atoms with E-state index >= 15 is 0 Å². The molecule has 0 radical (unpaired) electrons. The number of ether oxygens (including phenoxy) is 1. The first-order valence-electron chi connectivity index (χ1n) is 11.4. The number of tetrazole rings is 1. The Kier molecular flexibility index (Phi) is 8.40. The van der Waals surface area contributed by atoms with Crippen LogP contribution in [0.3, 0.4) is 0 Å². The molecule has 0 aliphatic carbocycles. The summed E-state index contributed by atoms with van der Waals surface area (Å²) in [5.41, 5.74) is 2.86. The molecule has 2 atom stereocenters. The molecule has 0 spiro atoms. The summed E-state index contributed by atoms with van der Waals surface area (Å²) in [7, 11) is 0. The minimum absolute atomic E-state index is 0.209. The normalized spacial score (nSPS) is 13.5. The lowest BCUT2D eigenvalue weighted by atomic mass is 9.83. The third-order valence-electron chi connectivity index (χ3n) is 5.38. The van der Waals surface area contributed by atoms with Gasteiger partial charge in [0.25, 0.3) is 0 Å². The van der Waals surface area contributed by atoms with Gasteiger partial charge in [0, 0.05) is 10.4 Å². The van der Waals surface area contributed by atoms with E-state index in [1.165, 1.54) is 5.56 Å². The van der Waals surface area contributed by atoms with Crippen molar-refractivity contribution in [1.82, 2.24) is 20.2 Å². The number of hydrogen-bond donors (Lipinski definition) is 0. The van der Waals surface area contributed by atoms with Crippen LogP contribution in [0.15, 0.2) is 53.0 Å². The molecule has 0 amide bonds. The smallest absolute Gasteiger partial charge is 0.310 e. The zero-order chi connectivity index (χ0) is 24.0. The number of hydrogen-bond acceptors (Lipinski definition) is 5. The molecular formula is C26H33BrN4O2. The average Bonchev–Trinajstić information content (AvgIpc) is 3.19. The van der Waals surface area contributed by atoms with Gasteiger partial charge in [0.1, 0.15) is 5.60 Å². The topological polar surface area (TPSA) is 69.9 Å². The van der Waals surface area contributed by atoms with Gasteiger partial charge in [-0.05, 0) is 69.0 Å². The van der Waals surface area contributed by atoms with Crippen LogP contribution in [-0.2, 0) is 22.5 Å². The van der Waals surface area contributed by atoms with Crippen LogP contribution in [0.1, 0.15) is 69.0 Å². The summed E-state index contributed by atoms with van der Waals surface area (Å²) in [6, 6.07) is 16.4. The molecule has 0 unspecified atom stereocenters. The minimum Gasteiger partial charge on any atom is -0.460 e. The molecule has 33 heavy (non-hydrogen) atoms. The van der Waals surface area contributed by atoms with Crippen molar-refractivity contribution in [1.29, 1.82) is 0 Å². The maximum Gasteiger partial charge on any atom is 0.310 e. The summed E-state index contributed by atoms with van der Waals surface area (Å²) >= 11 is 3.55. The number of esters is 1. The lowest BCUT2D eigenvalue weighted by Gasteiger charge is -2.28. The fraction of sp³-hybridized carbons (Fsp3) is 0.462. The van der Waals surface area contributed by atoms with Gasteiger partial charge < -0.3 is 4.74 Å². The van der Waals surface area contributed by atoms with Gasteiger partial charge in [-0.2, -0.15) is 4.80 Å². The summed E-state index contributed by atoms with van der Waals surface area (Å²) in [6.07, 6.45) is 2.18. The highest BCUT2D eigenvalue weighted by Crippen LogP contribution is 2.32. The van der Waals surface area contributed by atoms with Crippen LogP contribution in [0, 0.1) is 12.8 Å². The molecule has 3 aromatic rings. The second-order valence-electron chi connectivity index (χ2n) is 9.53. The van der Waals surface area contributed by atoms with E-state index in [9.17, 15) is 4.79 Å². The monoisotopic (exact) mass is 512 g/mol. The van der Waals surface area contributed by atoms with E-state index < -0.39 is 5.60 Å². The van der Waals surface area contributed by atoms with Crippen LogP contribution >= 0.6 is 15.9 Å². The first-order valence-corrected chi connectivity index (χ1v) is 12.2. The lowest BCUT2D eigenvalue weighted by molar-refractivity contribution is -0.161. The van der Waals surface area contributed by atoms with Gasteiger partial charge in [0.05, 0.1) is 12.5 Å². The molecule has 3 rings (SSSR count). The molecule has 0 aliphatic heterocycles. The molecule has 1 aromatic heterocycles. The van der Waals surface area contributed by atoms with Gasteiger partial charge >= 0.3 is 5.97 Å². The second kappa shape index (κ2) is 11.1. The molecule has 7 heteroatoms. The Morgan fingerprint density at radius 2 is 1.85 bits per heavy atom. The van der Waals surface area contributed by atoms with Crippen molar-refractivity contribution in [2.45, 2.75) is 71.9 Å². The molecule has 0 fully saturated rings. The number of benzene rings is 2. The maximum absolute atomic E-state index is 13.2. The summed E-state index contributed by atoms with van der Waals surface area (Å²) < 4.78 is 6.80. The molecule has 1 heterocycles. The Hall–Kier alpha value is -2.54. The van der Waals surface area contributed by atoms with Gasteiger partial charge in [0.2, 0.25) is 0 Å². The quantitative estimate of drug-likeness (QED) is 0.335. The minimum atomic E-state index is -0.556. The first-order chi connectivity index (χ1) is 15.6. The summed E-state index contributed by atoms with van der Waals surface area (Å²) in [6.45, 7) is 10.4. The molecule has 0 aliphatic rings. The van der Waals surface area contributed by atoms with Crippen molar-refractivity contribution >= 4 is 21.9 Å². The number of nitrogens with zero attached hydrogens (tertiary/aromatic N) is 4. The zero-order valence-corrected chi connectivity index (χ0v) is 21.7. The lowest BCUT2D eigenvalue weighted by Crippen LogP contribution is -2.33. The summed E-state index contributed by atoms with van der Waals surface area (Å²) in [5.74, 6) is -0.225. The van der Waals surface area contributed by atoms with E-state index in [0.717, 1.165) is 22.0 Å². The predicted molar refractivity (Wildman–Crippen MR) is 133 cm³/mol. The average molecular weight is 513 g/mol. The Bertz CT molecular complexity index is 1060. The number of halogens is 1. The zero-order valence-electron chi connectivity index (χ0n) is 20.1. The number of carbonyl (C=O) groups is 1. The highest BCUT2D eigenvalue weighted by atomic mass is 79.9. The number of aryl methyl sites for hydroxylation is 1. The summed E-state index contributed by atoms with van der Waals surface area (Å²) in [5, 5.41) is 13.4. The fourth-order valence-corrected chi connectivity index (χ4v) is 4.28. The van der Waals surface area contributed by atoms with E-state index in [4.69, 9.17) is 9.84 Å². The van der Waals surface area contributed by atoms with E-state index in [2.05, 4.69) is 76.5 Å². The van der Waals surface area contributed by atoms with Gasteiger partial charge in [-0.3, -0.25) is 4.79 Å². The molecule has 0 saturated heterocycles. The van der Waals surface area contributed by atoms with Crippen molar-refractivity contribution < 1.29 is 9.53 Å². The SMILES string of the molecule is CCC[C@H](C(=O)OC(C)(C)C)[C@H](Cc1cccc(Br)c1)c1nnn(Cc2ccc(C)cc2)n1. The highest BCUT2D eigenvalue weighted by Gasteiger charge is 2.35. The van der Waals surface area contributed by atoms with Crippen molar-refractivity contribution in [2.75, 3.05) is 0 Å². The standard InChI is InChI=1S/C26H33BrN4O2/c1-6-8-22(25(32)33-26(3,4)5)23(16-20-9-7-10-21(27)15-20)24-28-30-31(29-24)17-19-13-11-18(2)12-14-19/h7,9-15,22-23H,6,8,16-17H2,1-5H3/t22-,23-/m0/s1. The Balaban J connectivity index is 1.92. The van der Waals surface area contributed by atoms with Gasteiger partial charge in [-0.15, -0.1) is 10.2 Å². The fourth-order valence-electron chi connectivity index (χ4n) is 3.83.